The van der Waals surface area contributed by atoms with Crippen LogP contribution in [0.5, 0.6) is 34.5 Å². The van der Waals surface area contributed by atoms with E-state index in [1.807, 2.05) is 0 Å². The molecule has 1 aromatic heterocycles. The van der Waals surface area contributed by atoms with E-state index in [-0.39, 0.29) is 51.9 Å². The van der Waals surface area contributed by atoms with Gasteiger partial charge < -0.3 is 54.0 Å². The van der Waals surface area contributed by atoms with E-state index in [9.17, 15) is 35.4 Å². The first-order valence-electron chi connectivity index (χ1n) is 9.96. The highest BCUT2D eigenvalue weighted by molar-refractivity contribution is 5.88. The number of phenolic OH excluding ortho intramolecular Hbond substituents is 3. The molecule has 1 aliphatic rings. The molecule has 2 heterocycles. The number of benzene rings is 2. The van der Waals surface area contributed by atoms with Gasteiger partial charge in [0, 0.05) is 17.7 Å². The second kappa shape index (κ2) is 8.91. The van der Waals surface area contributed by atoms with Crippen molar-refractivity contribution in [1.82, 2.24) is 0 Å². The van der Waals surface area contributed by atoms with Crippen molar-refractivity contribution in [3.63, 3.8) is 0 Å². The fraction of sp³-hybridized carbons (Fsp3) is 0.318. The van der Waals surface area contributed by atoms with Gasteiger partial charge in [0.1, 0.15) is 40.8 Å². The van der Waals surface area contributed by atoms with Crippen LogP contribution in [0.4, 0.5) is 0 Å². The first kappa shape index (κ1) is 23.4. The van der Waals surface area contributed by atoms with Crippen molar-refractivity contribution < 1.29 is 54.0 Å². The van der Waals surface area contributed by atoms with Gasteiger partial charge in [0.2, 0.25) is 23.2 Å². The Hall–Kier alpha value is -3.71. The molecule has 0 amide bonds. The van der Waals surface area contributed by atoms with E-state index in [2.05, 4.69) is 0 Å². The van der Waals surface area contributed by atoms with Crippen LogP contribution in [-0.2, 0) is 4.74 Å². The molecule has 3 aromatic rings. The number of aromatic hydroxyl groups is 3. The summed E-state index contributed by atoms with van der Waals surface area (Å²) in [6, 6.07) is 4.59. The summed E-state index contributed by atoms with van der Waals surface area (Å²) in [6.07, 6.45) is -5.92. The minimum absolute atomic E-state index is 0.0675. The number of aliphatic hydroxyl groups is 3. The Morgan fingerprint density at radius 2 is 1.62 bits per heavy atom. The Morgan fingerprint density at radius 1 is 0.912 bits per heavy atom. The largest absolute Gasteiger partial charge is 0.508 e. The summed E-state index contributed by atoms with van der Waals surface area (Å²) in [4.78, 5) is 13.0. The van der Waals surface area contributed by atoms with Gasteiger partial charge in [-0.1, -0.05) is 0 Å². The van der Waals surface area contributed by atoms with Crippen molar-refractivity contribution in [3.05, 3.63) is 34.5 Å². The van der Waals surface area contributed by atoms with Crippen LogP contribution in [0, 0.1) is 0 Å². The maximum absolute atomic E-state index is 13.0. The molecule has 2 aromatic carbocycles. The lowest BCUT2D eigenvalue weighted by atomic mass is 10.1. The van der Waals surface area contributed by atoms with Crippen molar-refractivity contribution in [1.29, 1.82) is 0 Å². The fourth-order valence-corrected chi connectivity index (χ4v) is 3.66. The van der Waals surface area contributed by atoms with E-state index < -0.39 is 41.5 Å². The van der Waals surface area contributed by atoms with E-state index in [4.69, 9.17) is 23.4 Å². The number of fused-ring (bicyclic) bond motifs is 1. The highest BCUT2D eigenvalue weighted by atomic mass is 16.7. The smallest absolute Gasteiger partial charge is 0.239 e. The maximum Gasteiger partial charge on any atom is 0.239 e. The molecule has 4 atom stereocenters. The minimum atomic E-state index is -1.63. The average molecular weight is 478 g/mol. The standard InChI is InChI=1S/C22H22O12/c1-30-20-11(25)3-8(4-14(20)34-22-18(29)16(27)12(26)7-32-22)19-21(31-2)17(28)15-10(24)5-9(23)6-13(15)33-19/h3-6,12,16,18,22-27,29H,7H2,1-2H3/t12-,16-,18+,22+/m1/s1. The van der Waals surface area contributed by atoms with Crippen molar-refractivity contribution in [2.75, 3.05) is 20.8 Å². The topological polar surface area (TPSA) is 189 Å². The highest BCUT2D eigenvalue weighted by Crippen LogP contribution is 2.44. The third-order valence-electron chi connectivity index (χ3n) is 5.32. The number of methoxy groups -OCH3 is 2. The molecule has 0 radical (unpaired) electrons. The Balaban J connectivity index is 1.86. The van der Waals surface area contributed by atoms with Crippen molar-refractivity contribution in [2.24, 2.45) is 0 Å². The van der Waals surface area contributed by atoms with E-state index in [0.29, 0.717) is 0 Å². The second-order valence-electron chi connectivity index (χ2n) is 7.53. The molecule has 0 bridgehead atoms. The number of hydrogen-bond donors (Lipinski definition) is 6. The molecule has 1 fully saturated rings. The Morgan fingerprint density at radius 3 is 2.29 bits per heavy atom. The molecule has 1 saturated heterocycles. The summed E-state index contributed by atoms with van der Waals surface area (Å²) in [5.74, 6) is -2.10. The summed E-state index contributed by atoms with van der Waals surface area (Å²) < 4.78 is 26.9. The van der Waals surface area contributed by atoms with E-state index >= 15 is 0 Å². The normalized spacial score (nSPS) is 22.5. The van der Waals surface area contributed by atoms with E-state index in [1.165, 1.54) is 26.4 Å². The molecule has 0 aliphatic carbocycles. The van der Waals surface area contributed by atoms with Crippen LogP contribution in [0.25, 0.3) is 22.3 Å². The fourth-order valence-electron chi connectivity index (χ4n) is 3.66. The summed E-state index contributed by atoms with van der Waals surface area (Å²) in [7, 11) is 2.46. The minimum Gasteiger partial charge on any atom is -0.508 e. The zero-order valence-corrected chi connectivity index (χ0v) is 18.0. The van der Waals surface area contributed by atoms with Crippen LogP contribution < -0.4 is 19.6 Å². The van der Waals surface area contributed by atoms with Crippen molar-refractivity contribution in [3.8, 4) is 45.8 Å². The summed E-state index contributed by atoms with van der Waals surface area (Å²) in [6.45, 7) is -0.322. The lowest BCUT2D eigenvalue weighted by Crippen LogP contribution is -2.54. The van der Waals surface area contributed by atoms with Crippen LogP contribution in [0.1, 0.15) is 0 Å². The lowest BCUT2D eigenvalue weighted by molar-refractivity contribution is -0.242. The number of ether oxygens (including phenoxy) is 4. The molecule has 6 N–H and O–H groups in total. The number of hydrogen-bond acceptors (Lipinski definition) is 12. The van der Waals surface area contributed by atoms with Crippen LogP contribution >= 0.6 is 0 Å². The Bertz CT molecular complexity index is 1280. The van der Waals surface area contributed by atoms with Gasteiger partial charge in [0.25, 0.3) is 0 Å². The molecule has 182 valence electrons. The highest BCUT2D eigenvalue weighted by Gasteiger charge is 2.39. The zero-order valence-electron chi connectivity index (χ0n) is 18.0. The molecule has 4 rings (SSSR count). The third kappa shape index (κ3) is 3.92. The number of aliphatic hydroxyl groups excluding tert-OH is 3. The summed E-state index contributed by atoms with van der Waals surface area (Å²) in [5, 5.41) is 59.9. The zero-order chi connectivity index (χ0) is 24.7. The molecular weight excluding hydrogens is 456 g/mol. The third-order valence-corrected chi connectivity index (χ3v) is 5.32. The van der Waals surface area contributed by atoms with Crippen molar-refractivity contribution in [2.45, 2.75) is 24.6 Å². The van der Waals surface area contributed by atoms with Crippen molar-refractivity contribution >= 4 is 11.0 Å². The molecule has 12 heteroatoms. The number of phenols is 3. The van der Waals surface area contributed by atoms with Gasteiger partial charge in [-0.05, 0) is 12.1 Å². The molecule has 12 nitrogen and oxygen atoms in total. The van der Waals surface area contributed by atoms with Gasteiger partial charge in [0.05, 0.1) is 20.8 Å². The second-order valence-corrected chi connectivity index (χ2v) is 7.53. The Labute approximate surface area is 191 Å². The van der Waals surface area contributed by atoms with Gasteiger partial charge in [-0.25, -0.2) is 0 Å². The molecule has 0 unspecified atom stereocenters. The monoisotopic (exact) mass is 478 g/mol. The molecular formula is C22H22O12. The van der Waals surface area contributed by atoms with Gasteiger partial charge in [-0.2, -0.15) is 0 Å². The van der Waals surface area contributed by atoms with Gasteiger partial charge in [-0.15, -0.1) is 0 Å². The van der Waals surface area contributed by atoms with Gasteiger partial charge in [-0.3, -0.25) is 4.79 Å². The Kier molecular flexibility index (Phi) is 6.15. The molecule has 0 saturated carbocycles. The molecule has 0 spiro atoms. The van der Waals surface area contributed by atoms with E-state index in [0.717, 1.165) is 12.1 Å². The predicted molar refractivity (Wildman–Crippen MR) is 114 cm³/mol. The van der Waals surface area contributed by atoms with Crippen LogP contribution in [0.2, 0.25) is 0 Å². The van der Waals surface area contributed by atoms with Crippen LogP contribution in [0.15, 0.2) is 33.5 Å². The predicted octanol–water partition coefficient (Wildman–Crippen LogP) is 0.412. The van der Waals surface area contributed by atoms with E-state index in [1.54, 1.807) is 0 Å². The first-order valence-corrected chi connectivity index (χ1v) is 9.96. The summed E-state index contributed by atoms with van der Waals surface area (Å²) in [5.41, 5.74) is -0.825. The van der Waals surface area contributed by atoms with Crippen LogP contribution in [0.3, 0.4) is 0 Å². The first-order chi connectivity index (χ1) is 16.2. The summed E-state index contributed by atoms with van der Waals surface area (Å²) >= 11 is 0. The molecule has 34 heavy (non-hydrogen) atoms. The molecule has 1 aliphatic heterocycles. The van der Waals surface area contributed by atoms with Gasteiger partial charge in [0.15, 0.2) is 17.3 Å². The lowest BCUT2D eigenvalue weighted by Gasteiger charge is -2.35. The number of rotatable bonds is 5. The van der Waals surface area contributed by atoms with Crippen LogP contribution in [-0.4, -0.2) is 76.1 Å². The SMILES string of the molecule is COc1c(O)cc(-c2oc3cc(O)cc(O)c3c(=O)c2OC)cc1O[C@@H]1OC[C@@H](O)[C@@H](O)[C@@H]1O. The van der Waals surface area contributed by atoms with Gasteiger partial charge >= 0.3 is 0 Å². The quantitative estimate of drug-likeness (QED) is 0.297. The maximum atomic E-state index is 13.0. The average Bonchev–Trinajstić information content (AvgIpc) is 2.78.